The smallest absolute Gasteiger partial charge is 0.120 e. The van der Waals surface area contributed by atoms with E-state index in [0.29, 0.717) is 6.42 Å². The number of nitrogens with one attached hydrogen (secondary N) is 1. The number of hydrogen-bond donors (Lipinski definition) is 2. The maximum atomic E-state index is 10.0. The van der Waals surface area contributed by atoms with Gasteiger partial charge >= 0.3 is 0 Å². The maximum absolute atomic E-state index is 10.0. The van der Waals surface area contributed by atoms with Crippen molar-refractivity contribution in [1.29, 1.82) is 0 Å². The molecule has 60 valence electrons. The number of likely N-dealkylation sites (N-methyl/N-ethyl adjacent to an activating group) is 1. The number of hydrogen-bond acceptors (Lipinski definition) is 3. The van der Waals surface area contributed by atoms with Gasteiger partial charge in [0.05, 0.1) is 6.61 Å². The second-order valence-electron chi connectivity index (χ2n) is 2.46. The summed E-state index contributed by atoms with van der Waals surface area (Å²) in [6.45, 7) is 2.03. The van der Waals surface area contributed by atoms with E-state index in [-0.39, 0.29) is 18.6 Å². The highest BCUT2D eigenvalue weighted by molar-refractivity contribution is 5.49. The average Bonchev–Trinajstić information content (AvgIpc) is 1.91. The molecule has 0 saturated carbocycles. The number of carbonyl (C=O) groups excluding carboxylic acids is 1. The summed E-state index contributed by atoms with van der Waals surface area (Å²) in [4.78, 5) is 10.0. The van der Waals surface area contributed by atoms with Crippen molar-refractivity contribution >= 4 is 6.29 Å². The largest absolute Gasteiger partial charge is 0.395 e. The van der Waals surface area contributed by atoms with Crippen LogP contribution in [0.1, 0.15) is 13.3 Å². The predicted octanol–water partition coefficient (Wildman–Crippen LogP) is -0.208. The van der Waals surface area contributed by atoms with Crippen molar-refractivity contribution < 1.29 is 9.90 Å². The summed E-state index contributed by atoms with van der Waals surface area (Å²) < 4.78 is 0. The van der Waals surface area contributed by atoms with Gasteiger partial charge in [-0.3, -0.25) is 0 Å². The van der Waals surface area contributed by atoms with Crippen LogP contribution in [-0.4, -0.2) is 31.1 Å². The Morgan fingerprint density at radius 3 is 2.60 bits per heavy atom. The minimum Gasteiger partial charge on any atom is -0.395 e. The molecule has 2 atom stereocenters. The van der Waals surface area contributed by atoms with E-state index < -0.39 is 0 Å². The Labute approximate surface area is 61.4 Å². The summed E-state index contributed by atoms with van der Waals surface area (Å²) in [6.07, 6.45) is 1.39. The van der Waals surface area contributed by atoms with E-state index in [2.05, 4.69) is 5.32 Å². The van der Waals surface area contributed by atoms with Crippen molar-refractivity contribution in [2.75, 3.05) is 13.7 Å². The van der Waals surface area contributed by atoms with Gasteiger partial charge in [-0.1, -0.05) is 6.92 Å². The van der Waals surface area contributed by atoms with E-state index in [9.17, 15) is 4.79 Å². The third-order valence-electron chi connectivity index (χ3n) is 1.72. The second kappa shape index (κ2) is 5.38. The summed E-state index contributed by atoms with van der Waals surface area (Å²) in [7, 11) is 1.78. The fourth-order valence-corrected chi connectivity index (χ4v) is 0.872. The Morgan fingerprint density at radius 1 is 1.70 bits per heavy atom. The summed E-state index contributed by atoms with van der Waals surface area (Å²) in [5, 5.41) is 11.7. The molecule has 0 heterocycles. The lowest BCUT2D eigenvalue weighted by Gasteiger charge is -2.18. The number of aliphatic hydroxyl groups is 1. The number of carbonyl (C=O) groups is 1. The molecule has 3 heteroatoms. The molecule has 0 aromatic carbocycles. The normalized spacial score (nSPS) is 16.3. The van der Waals surface area contributed by atoms with Gasteiger partial charge in [-0.15, -0.1) is 0 Å². The van der Waals surface area contributed by atoms with Gasteiger partial charge in [0, 0.05) is 12.5 Å². The van der Waals surface area contributed by atoms with Crippen molar-refractivity contribution in [2.24, 2.45) is 5.92 Å². The van der Waals surface area contributed by atoms with Crippen molar-refractivity contribution in [3.8, 4) is 0 Å². The molecule has 2 N–H and O–H groups in total. The third-order valence-corrected chi connectivity index (χ3v) is 1.72. The Bertz CT molecular complexity index is 91.6. The molecule has 0 bridgehead atoms. The van der Waals surface area contributed by atoms with Gasteiger partial charge in [0.2, 0.25) is 0 Å². The first-order chi connectivity index (χ1) is 4.76. The molecule has 2 unspecified atom stereocenters. The molecule has 10 heavy (non-hydrogen) atoms. The van der Waals surface area contributed by atoms with E-state index in [4.69, 9.17) is 5.11 Å². The fourth-order valence-electron chi connectivity index (χ4n) is 0.872. The van der Waals surface area contributed by atoms with Crippen LogP contribution in [0.4, 0.5) is 0 Å². The van der Waals surface area contributed by atoms with E-state index in [0.717, 1.165) is 6.29 Å². The van der Waals surface area contributed by atoms with E-state index in [1.807, 2.05) is 6.92 Å². The monoisotopic (exact) mass is 145 g/mol. The lowest BCUT2D eigenvalue weighted by Crippen LogP contribution is -2.35. The number of aliphatic hydroxyl groups excluding tert-OH is 1. The first-order valence-electron chi connectivity index (χ1n) is 3.48. The molecule has 0 fully saturated rings. The van der Waals surface area contributed by atoms with Crippen LogP contribution in [0.5, 0.6) is 0 Å². The van der Waals surface area contributed by atoms with Crippen molar-refractivity contribution in [2.45, 2.75) is 19.4 Å². The highest BCUT2D eigenvalue weighted by atomic mass is 16.3. The zero-order chi connectivity index (χ0) is 7.98. The minimum absolute atomic E-state index is 0.0465. The van der Waals surface area contributed by atoms with E-state index in [1.165, 1.54) is 0 Å². The van der Waals surface area contributed by atoms with Gasteiger partial charge in [0.1, 0.15) is 6.29 Å². The molecule has 0 aromatic heterocycles. The standard InChI is InChI=1S/C7H15NO2/c1-6(3-4-9)7(5-10)8-2/h4,6-8,10H,3,5H2,1-2H3. The Morgan fingerprint density at radius 2 is 2.30 bits per heavy atom. The summed E-state index contributed by atoms with van der Waals surface area (Å²) in [5.41, 5.74) is 0. The van der Waals surface area contributed by atoms with Gasteiger partial charge < -0.3 is 15.2 Å². The number of aldehydes is 1. The Hall–Kier alpha value is -0.410. The van der Waals surface area contributed by atoms with Gasteiger partial charge in [-0.25, -0.2) is 0 Å². The zero-order valence-electron chi connectivity index (χ0n) is 6.50. The fraction of sp³-hybridized carbons (Fsp3) is 0.857. The Balaban J connectivity index is 3.63. The first kappa shape index (κ1) is 9.59. The maximum Gasteiger partial charge on any atom is 0.120 e. The zero-order valence-corrected chi connectivity index (χ0v) is 6.50. The van der Waals surface area contributed by atoms with Crippen LogP contribution in [0.25, 0.3) is 0 Å². The van der Waals surface area contributed by atoms with Crippen LogP contribution in [0.3, 0.4) is 0 Å². The molecule has 0 amide bonds. The van der Waals surface area contributed by atoms with Crippen molar-refractivity contribution in [1.82, 2.24) is 5.32 Å². The van der Waals surface area contributed by atoms with Gasteiger partial charge in [0.15, 0.2) is 0 Å². The second-order valence-corrected chi connectivity index (χ2v) is 2.46. The van der Waals surface area contributed by atoms with E-state index >= 15 is 0 Å². The first-order valence-corrected chi connectivity index (χ1v) is 3.48. The molecule has 0 radical (unpaired) electrons. The van der Waals surface area contributed by atoms with Crippen LogP contribution >= 0.6 is 0 Å². The molecular weight excluding hydrogens is 130 g/mol. The molecule has 3 nitrogen and oxygen atoms in total. The predicted molar refractivity (Wildman–Crippen MR) is 39.8 cm³/mol. The average molecular weight is 145 g/mol. The van der Waals surface area contributed by atoms with E-state index in [1.54, 1.807) is 7.05 Å². The van der Waals surface area contributed by atoms with Gasteiger partial charge in [0.25, 0.3) is 0 Å². The SMILES string of the molecule is CNC(CO)C(C)CC=O. The minimum atomic E-state index is 0.0465. The summed E-state index contributed by atoms with van der Waals surface area (Å²) >= 11 is 0. The molecule has 0 aliphatic rings. The highest BCUT2D eigenvalue weighted by Crippen LogP contribution is 2.04. The topological polar surface area (TPSA) is 49.3 Å². The lowest BCUT2D eigenvalue weighted by atomic mass is 10.0. The van der Waals surface area contributed by atoms with Crippen LogP contribution in [0.2, 0.25) is 0 Å². The molecule has 0 aromatic rings. The van der Waals surface area contributed by atoms with Crippen LogP contribution in [0, 0.1) is 5.92 Å². The van der Waals surface area contributed by atoms with Crippen molar-refractivity contribution in [3.05, 3.63) is 0 Å². The molecule has 0 aliphatic heterocycles. The summed E-state index contributed by atoms with van der Waals surface area (Å²) in [5.74, 6) is 0.215. The molecule has 0 rings (SSSR count). The molecular formula is C7H15NO2. The molecule has 0 spiro atoms. The summed E-state index contributed by atoms with van der Waals surface area (Å²) in [6, 6.07) is 0.0465. The highest BCUT2D eigenvalue weighted by Gasteiger charge is 2.12. The van der Waals surface area contributed by atoms with Gasteiger partial charge in [-0.2, -0.15) is 0 Å². The van der Waals surface area contributed by atoms with Crippen LogP contribution < -0.4 is 5.32 Å². The Kier molecular flexibility index (Phi) is 5.16. The quantitative estimate of drug-likeness (QED) is 0.526. The van der Waals surface area contributed by atoms with Crippen LogP contribution in [0.15, 0.2) is 0 Å². The van der Waals surface area contributed by atoms with Crippen LogP contribution in [-0.2, 0) is 4.79 Å². The molecule has 0 saturated heterocycles. The number of rotatable bonds is 5. The van der Waals surface area contributed by atoms with Gasteiger partial charge in [-0.05, 0) is 13.0 Å². The molecule has 0 aliphatic carbocycles. The third kappa shape index (κ3) is 2.94. The lowest BCUT2D eigenvalue weighted by molar-refractivity contribution is -0.108. The van der Waals surface area contributed by atoms with Crippen molar-refractivity contribution in [3.63, 3.8) is 0 Å².